The van der Waals surface area contributed by atoms with Gasteiger partial charge in [-0.2, -0.15) is 0 Å². The second kappa shape index (κ2) is 12.3. The van der Waals surface area contributed by atoms with Crippen molar-refractivity contribution in [1.82, 2.24) is 0 Å². The Balaban J connectivity index is 3.75. The Morgan fingerprint density at radius 2 is 1.94 bits per heavy atom. The zero-order valence-corrected chi connectivity index (χ0v) is 14.1. The van der Waals surface area contributed by atoms with Gasteiger partial charge >= 0.3 is 0 Å². The molecule has 3 unspecified atom stereocenters. The Kier molecular flexibility index (Phi) is 12.5. The topological polar surface area (TPSA) is 29.5 Å². The lowest BCUT2D eigenvalue weighted by Crippen LogP contribution is -2.03. The molecule has 0 rings (SSSR count). The Bertz CT molecular complexity index is 263. The first-order valence-electron chi connectivity index (χ1n) is 6.66. The Labute approximate surface area is 116 Å². The van der Waals surface area contributed by atoms with Crippen molar-refractivity contribution in [3.8, 4) is 0 Å². The van der Waals surface area contributed by atoms with Gasteiger partial charge in [0.15, 0.2) is 0 Å². The van der Waals surface area contributed by atoms with Crippen LogP contribution in [0.25, 0.3) is 0 Å². The van der Waals surface area contributed by atoms with Gasteiger partial charge in [0, 0.05) is 8.50 Å². The van der Waals surface area contributed by atoms with Gasteiger partial charge < -0.3 is 9.63 Å². The molecular formula is C14H28O2P2. The summed E-state index contributed by atoms with van der Waals surface area (Å²) in [6.45, 7) is 7.05. The first-order chi connectivity index (χ1) is 8.60. The highest BCUT2D eigenvalue weighted by molar-refractivity contribution is 8.00. The van der Waals surface area contributed by atoms with Gasteiger partial charge in [0.05, 0.1) is 12.7 Å². The van der Waals surface area contributed by atoms with Gasteiger partial charge in [-0.15, -0.1) is 0 Å². The highest BCUT2D eigenvalue weighted by atomic mass is 32.0. The van der Waals surface area contributed by atoms with Crippen molar-refractivity contribution in [2.24, 2.45) is 0 Å². The van der Waals surface area contributed by atoms with Crippen LogP contribution in [0.2, 0.25) is 0 Å². The molecule has 0 aromatic rings. The molecule has 0 aromatic carbocycles. The maximum atomic E-state index is 9.49. The predicted molar refractivity (Wildman–Crippen MR) is 86.3 cm³/mol. The van der Waals surface area contributed by atoms with E-state index in [2.05, 4.69) is 34.9 Å². The minimum atomic E-state index is -0.139. The molecule has 0 aliphatic carbocycles. The highest BCUT2D eigenvalue weighted by Gasteiger charge is 2.00. The summed E-state index contributed by atoms with van der Waals surface area (Å²) in [7, 11) is 3.07. The smallest absolute Gasteiger partial charge is 0.0693 e. The van der Waals surface area contributed by atoms with Gasteiger partial charge in [-0.1, -0.05) is 39.2 Å². The minimum absolute atomic E-state index is 0.139. The average Bonchev–Trinajstić information content (AvgIpc) is 2.36. The van der Waals surface area contributed by atoms with Crippen molar-refractivity contribution < 1.29 is 9.63 Å². The van der Waals surface area contributed by atoms with Crippen LogP contribution in [0.4, 0.5) is 0 Å². The summed E-state index contributed by atoms with van der Waals surface area (Å²) in [5.41, 5.74) is 2.77. The van der Waals surface area contributed by atoms with Crippen molar-refractivity contribution in [3.63, 3.8) is 0 Å². The van der Waals surface area contributed by atoms with Crippen LogP contribution in [0.5, 0.6) is 0 Å². The molecule has 18 heavy (non-hydrogen) atoms. The first kappa shape index (κ1) is 18.3. The van der Waals surface area contributed by atoms with E-state index in [1.807, 2.05) is 6.92 Å². The number of rotatable bonds is 10. The molecule has 0 spiro atoms. The molecule has 0 amide bonds. The third-order valence-electron chi connectivity index (χ3n) is 2.97. The molecule has 0 bridgehead atoms. The molecule has 1 N–H and O–H groups in total. The normalized spacial score (nSPS) is 15.6. The van der Waals surface area contributed by atoms with E-state index in [4.69, 9.17) is 4.52 Å². The molecule has 0 heterocycles. The maximum Gasteiger partial charge on any atom is 0.0693 e. The minimum Gasteiger partial charge on any atom is -0.393 e. The van der Waals surface area contributed by atoms with Crippen molar-refractivity contribution in [1.29, 1.82) is 0 Å². The summed E-state index contributed by atoms with van der Waals surface area (Å²) in [6.07, 6.45) is 9.23. The van der Waals surface area contributed by atoms with E-state index in [1.54, 1.807) is 0 Å². The van der Waals surface area contributed by atoms with E-state index in [9.17, 15) is 5.11 Å². The van der Waals surface area contributed by atoms with Crippen LogP contribution in [0.3, 0.4) is 0 Å². The third-order valence-corrected chi connectivity index (χ3v) is 3.81. The van der Waals surface area contributed by atoms with Crippen molar-refractivity contribution in [2.45, 2.75) is 59.0 Å². The van der Waals surface area contributed by atoms with Crippen LogP contribution in [0.1, 0.15) is 52.9 Å². The maximum absolute atomic E-state index is 9.49. The van der Waals surface area contributed by atoms with E-state index in [1.165, 1.54) is 11.1 Å². The fourth-order valence-electron chi connectivity index (χ4n) is 1.58. The van der Waals surface area contributed by atoms with Gasteiger partial charge in [0.25, 0.3) is 0 Å². The van der Waals surface area contributed by atoms with Crippen molar-refractivity contribution >= 4 is 17.4 Å². The first-order valence-corrected chi connectivity index (χ1v) is 9.38. The van der Waals surface area contributed by atoms with E-state index in [0.29, 0.717) is 8.50 Å². The summed E-state index contributed by atoms with van der Waals surface area (Å²) in [5.74, 6) is 0. The highest BCUT2D eigenvalue weighted by Crippen LogP contribution is 2.21. The van der Waals surface area contributed by atoms with Crippen LogP contribution in [-0.2, 0) is 4.52 Å². The lowest BCUT2D eigenvalue weighted by atomic mass is 10.0. The van der Waals surface area contributed by atoms with Gasteiger partial charge in [-0.25, -0.2) is 0 Å². The van der Waals surface area contributed by atoms with Crippen LogP contribution < -0.4 is 0 Å². The van der Waals surface area contributed by atoms with Crippen molar-refractivity contribution in [2.75, 3.05) is 6.61 Å². The van der Waals surface area contributed by atoms with Gasteiger partial charge in [-0.05, 0) is 46.0 Å². The zero-order valence-electron chi connectivity index (χ0n) is 11.9. The lowest BCUT2D eigenvalue weighted by molar-refractivity contribution is 0.160. The molecule has 0 fully saturated rings. The fourth-order valence-corrected chi connectivity index (χ4v) is 2.05. The van der Waals surface area contributed by atoms with Crippen LogP contribution in [0.15, 0.2) is 23.3 Å². The number of hydrogen-bond donors (Lipinski definition) is 1. The van der Waals surface area contributed by atoms with Crippen molar-refractivity contribution in [3.05, 3.63) is 23.3 Å². The number of allylic oxidation sites excluding steroid dienone is 3. The predicted octanol–water partition coefficient (Wildman–Crippen LogP) is 4.61. The fraction of sp³-hybridized carbons (Fsp3) is 0.714. The largest absolute Gasteiger partial charge is 0.393 e. The number of aliphatic hydroxyl groups excluding tert-OH is 1. The molecule has 4 heteroatoms. The summed E-state index contributed by atoms with van der Waals surface area (Å²) >= 11 is 0. The van der Waals surface area contributed by atoms with Gasteiger partial charge in [-0.3, -0.25) is 0 Å². The molecule has 3 atom stereocenters. The molecular weight excluding hydrogens is 262 g/mol. The Morgan fingerprint density at radius 1 is 1.28 bits per heavy atom. The molecule has 0 aliphatic rings. The lowest BCUT2D eigenvalue weighted by Gasteiger charge is -2.07. The average molecular weight is 290 g/mol. The van der Waals surface area contributed by atoms with Crippen LogP contribution >= 0.6 is 17.4 Å². The van der Waals surface area contributed by atoms with E-state index >= 15 is 0 Å². The standard InChI is InChI=1S/C14H28O2P2/c1-4-14(15)9-8-12(2)6-5-7-13(3)10-11-16-18-17/h6,10,14-15,18H,4-5,7-9,11,17H2,1-3H3. The SMILES string of the molecule is CCC(O)CCC(C)=CCCC(C)=CCOPP. The summed E-state index contributed by atoms with van der Waals surface area (Å²) in [5, 5.41) is 9.49. The van der Waals surface area contributed by atoms with Crippen LogP contribution in [0, 0.1) is 0 Å². The molecule has 0 saturated carbocycles. The quantitative estimate of drug-likeness (QED) is 0.361. The summed E-state index contributed by atoms with van der Waals surface area (Å²) in [4.78, 5) is 0. The Morgan fingerprint density at radius 3 is 2.56 bits per heavy atom. The molecule has 0 radical (unpaired) electrons. The molecule has 0 aliphatic heterocycles. The molecule has 0 saturated heterocycles. The Hall–Kier alpha value is 0.260. The molecule has 2 nitrogen and oxygen atoms in total. The second-order valence-electron chi connectivity index (χ2n) is 4.67. The monoisotopic (exact) mass is 290 g/mol. The van der Waals surface area contributed by atoms with Gasteiger partial charge in [0.2, 0.25) is 0 Å². The summed E-state index contributed by atoms with van der Waals surface area (Å²) in [6, 6.07) is 0. The van der Waals surface area contributed by atoms with E-state index in [-0.39, 0.29) is 6.10 Å². The second-order valence-corrected chi connectivity index (χ2v) is 5.90. The number of hydrogen-bond acceptors (Lipinski definition) is 2. The van der Waals surface area contributed by atoms with E-state index in [0.717, 1.165) is 38.7 Å². The van der Waals surface area contributed by atoms with Gasteiger partial charge in [0.1, 0.15) is 0 Å². The van der Waals surface area contributed by atoms with Crippen LogP contribution in [-0.4, -0.2) is 17.8 Å². The summed E-state index contributed by atoms with van der Waals surface area (Å²) < 4.78 is 5.28. The zero-order chi connectivity index (χ0) is 13.8. The third kappa shape index (κ3) is 11.4. The molecule has 0 aromatic heterocycles. The molecule has 106 valence electrons. The number of aliphatic hydroxyl groups is 1. The van der Waals surface area contributed by atoms with E-state index < -0.39 is 0 Å².